The predicted molar refractivity (Wildman–Crippen MR) is 85.2 cm³/mol. The van der Waals surface area contributed by atoms with Gasteiger partial charge in [-0.15, -0.1) is 0 Å². The van der Waals surface area contributed by atoms with Crippen LogP contribution in [0.5, 0.6) is 0 Å². The summed E-state index contributed by atoms with van der Waals surface area (Å²) in [6.45, 7) is 9.61. The Morgan fingerprint density at radius 1 is 1.18 bits per heavy atom. The molecular weight excluding hydrogens is 300 g/mol. The molecule has 0 aliphatic rings. The van der Waals surface area contributed by atoms with Crippen LogP contribution < -0.4 is 0 Å². The van der Waals surface area contributed by atoms with Crippen LogP contribution in [0.15, 0.2) is 28.8 Å². The maximum absolute atomic E-state index is 12.5. The lowest BCUT2D eigenvalue weighted by atomic mass is 9.87. The third-order valence-corrected chi connectivity index (χ3v) is 5.63. The fourth-order valence-corrected chi connectivity index (χ4v) is 3.40. The second-order valence-corrected chi connectivity index (χ2v) is 8.90. The lowest BCUT2D eigenvalue weighted by Crippen LogP contribution is -2.14. The van der Waals surface area contributed by atoms with Gasteiger partial charge >= 0.3 is 0 Å². The number of aryl methyl sites for hydroxylation is 1. The summed E-state index contributed by atoms with van der Waals surface area (Å²) in [6, 6.07) is 7.69. The zero-order valence-electron chi connectivity index (χ0n) is 13.6. The van der Waals surface area contributed by atoms with Crippen LogP contribution in [0, 0.1) is 6.92 Å². The molecule has 0 bridgehead atoms. The van der Waals surface area contributed by atoms with Crippen LogP contribution in [0.4, 0.5) is 0 Å². The third kappa shape index (κ3) is 3.74. The van der Waals surface area contributed by atoms with Crippen LogP contribution in [-0.2, 0) is 21.0 Å². The Labute approximate surface area is 131 Å². The summed E-state index contributed by atoms with van der Waals surface area (Å²) < 4.78 is 29.9. The normalized spacial score (nSPS) is 14.0. The van der Waals surface area contributed by atoms with Gasteiger partial charge in [0.15, 0.2) is 15.7 Å². The monoisotopic (exact) mass is 322 g/mol. The number of hydrogen-bond acceptors (Lipinski definition) is 5. The fourth-order valence-electron chi connectivity index (χ4n) is 2.09. The van der Waals surface area contributed by atoms with Crippen molar-refractivity contribution in [3.05, 3.63) is 47.1 Å². The predicted octanol–water partition coefficient (Wildman–Crippen LogP) is 3.35. The number of hydrogen-bond donors (Lipinski definition) is 0. The molecule has 0 aliphatic carbocycles. The highest BCUT2D eigenvalue weighted by Crippen LogP contribution is 2.26. The lowest BCUT2D eigenvalue weighted by Gasteiger charge is -2.19. The minimum atomic E-state index is -3.40. The SMILES string of the molecule is Cc1noc([C@@H](C)S(=O)(=O)Cc2ccc(C(C)(C)C)cc2)n1. The van der Waals surface area contributed by atoms with Gasteiger partial charge in [-0.2, -0.15) is 4.98 Å². The van der Waals surface area contributed by atoms with Gasteiger partial charge in [0, 0.05) is 0 Å². The summed E-state index contributed by atoms with van der Waals surface area (Å²) in [5.74, 6) is 0.537. The number of benzene rings is 1. The molecule has 1 atom stereocenters. The summed E-state index contributed by atoms with van der Waals surface area (Å²) >= 11 is 0. The van der Waals surface area contributed by atoms with Crippen molar-refractivity contribution in [3.8, 4) is 0 Å². The quantitative estimate of drug-likeness (QED) is 0.863. The van der Waals surface area contributed by atoms with Crippen molar-refractivity contribution in [1.29, 1.82) is 0 Å². The van der Waals surface area contributed by atoms with E-state index in [2.05, 4.69) is 30.9 Å². The zero-order chi connectivity index (χ0) is 16.5. The van der Waals surface area contributed by atoms with Crippen molar-refractivity contribution < 1.29 is 12.9 Å². The van der Waals surface area contributed by atoms with E-state index in [1.54, 1.807) is 13.8 Å². The van der Waals surface area contributed by atoms with E-state index in [-0.39, 0.29) is 17.1 Å². The van der Waals surface area contributed by atoms with Gasteiger partial charge in [-0.25, -0.2) is 8.42 Å². The Balaban J connectivity index is 2.18. The summed E-state index contributed by atoms with van der Waals surface area (Å²) in [5, 5.41) is 2.84. The van der Waals surface area contributed by atoms with Crippen LogP contribution in [0.25, 0.3) is 0 Å². The molecular formula is C16H22N2O3S. The van der Waals surface area contributed by atoms with E-state index in [0.29, 0.717) is 5.82 Å². The van der Waals surface area contributed by atoms with Gasteiger partial charge < -0.3 is 4.52 Å². The topological polar surface area (TPSA) is 73.1 Å². The Morgan fingerprint density at radius 3 is 2.23 bits per heavy atom. The van der Waals surface area contributed by atoms with E-state index in [0.717, 1.165) is 5.56 Å². The molecule has 2 aromatic rings. The maximum atomic E-state index is 12.5. The number of nitrogens with zero attached hydrogens (tertiary/aromatic N) is 2. The molecule has 0 radical (unpaired) electrons. The van der Waals surface area contributed by atoms with E-state index >= 15 is 0 Å². The molecule has 0 fully saturated rings. The van der Waals surface area contributed by atoms with E-state index in [4.69, 9.17) is 4.52 Å². The minimum Gasteiger partial charge on any atom is -0.338 e. The molecule has 2 rings (SSSR count). The smallest absolute Gasteiger partial charge is 0.244 e. The first kappa shape index (κ1) is 16.7. The van der Waals surface area contributed by atoms with E-state index in [1.807, 2.05) is 24.3 Å². The molecule has 0 unspecified atom stereocenters. The molecule has 0 amide bonds. The molecule has 0 spiro atoms. The van der Waals surface area contributed by atoms with Crippen molar-refractivity contribution in [2.24, 2.45) is 0 Å². The van der Waals surface area contributed by atoms with Crippen molar-refractivity contribution in [2.45, 2.75) is 51.0 Å². The van der Waals surface area contributed by atoms with E-state index < -0.39 is 15.1 Å². The molecule has 5 nitrogen and oxygen atoms in total. The molecule has 22 heavy (non-hydrogen) atoms. The minimum absolute atomic E-state index is 0.0416. The zero-order valence-corrected chi connectivity index (χ0v) is 14.4. The molecule has 0 aliphatic heterocycles. The second-order valence-electron chi connectivity index (χ2n) is 6.58. The van der Waals surface area contributed by atoms with Crippen LogP contribution in [-0.4, -0.2) is 18.6 Å². The molecule has 0 N–H and O–H groups in total. The summed E-state index contributed by atoms with van der Waals surface area (Å²) in [5.41, 5.74) is 1.98. The Kier molecular flexibility index (Phi) is 4.42. The highest BCUT2D eigenvalue weighted by atomic mass is 32.2. The van der Waals surface area contributed by atoms with E-state index in [9.17, 15) is 8.42 Å². The molecule has 1 aromatic carbocycles. The van der Waals surface area contributed by atoms with E-state index in [1.165, 1.54) is 5.56 Å². The standard InChI is InChI=1S/C16H22N2O3S/c1-11(15-17-12(2)18-21-15)22(19,20)10-13-6-8-14(9-7-13)16(3,4)5/h6-9,11H,10H2,1-5H3/t11-/m1/s1. The maximum Gasteiger partial charge on any atom is 0.244 e. The largest absolute Gasteiger partial charge is 0.338 e. The summed E-state index contributed by atoms with van der Waals surface area (Å²) in [6.07, 6.45) is 0. The van der Waals surface area contributed by atoms with Gasteiger partial charge in [-0.3, -0.25) is 0 Å². The third-order valence-electron chi connectivity index (χ3n) is 3.62. The van der Waals surface area contributed by atoms with Crippen LogP contribution in [0.3, 0.4) is 0 Å². The van der Waals surface area contributed by atoms with Gasteiger partial charge in [0.1, 0.15) is 5.25 Å². The molecule has 1 heterocycles. The van der Waals surface area contributed by atoms with Crippen molar-refractivity contribution in [2.75, 3.05) is 0 Å². The summed E-state index contributed by atoms with van der Waals surface area (Å²) in [7, 11) is -3.40. The average Bonchev–Trinajstić information content (AvgIpc) is 2.83. The molecule has 1 aromatic heterocycles. The molecule has 120 valence electrons. The fraction of sp³-hybridized carbons (Fsp3) is 0.500. The average molecular weight is 322 g/mol. The van der Waals surface area contributed by atoms with Crippen molar-refractivity contribution >= 4 is 9.84 Å². The first-order valence-electron chi connectivity index (χ1n) is 7.21. The Bertz CT molecular complexity index is 740. The molecule has 6 heteroatoms. The highest BCUT2D eigenvalue weighted by molar-refractivity contribution is 7.90. The highest BCUT2D eigenvalue weighted by Gasteiger charge is 2.28. The van der Waals surface area contributed by atoms with Gasteiger partial charge in [-0.1, -0.05) is 50.2 Å². The molecule has 0 saturated carbocycles. The molecule has 0 saturated heterocycles. The number of rotatable bonds is 4. The number of sulfone groups is 1. The lowest BCUT2D eigenvalue weighted by molar-refractivity contribution is 0.373. The number of aromatic nitrogens is 2. The van der Waals surface area contributed by atoms with Gasteiger partial charge in [-0.05, 0) is 30.4 Å². The first-order chi connectivity index (χ1) is 10.1. The van der Waals surface area contributed by atoms with Gasteiger partial charge in [0.05, 0.1) is 5.75 Å². The Hall–Kier alpha value is -1.69. The Morgan fingerprint density at radius 2 is 1.77 bits per heavy atom. The van der Waals surface area contributed by atoms with Crippen molar-refractivity contribution in [1.82, 2.24) is 10.1 Å². The second kappa shape index (κ2) is 5.83. The van der Waals surface area contributed by atoms with Crippen LogP contribution in [0.1, 0.15) is 55.8 Å². The summed E-state index contributed by atoms with van der Waals surface area (Å²) in [4.78, 5) is 4.01. The van der Waals surface area contributed by atoms with Crippen molar-refractivity contribution in [3.63, 3.8) is 0 Å². The van der Waals surface area contributed by atoms with Crippen LogP contribution >= 0.6 is 0 Å². The first-order valence-corrected chi connectivity index (χ1v) is 8.92. The van der Waals surface area contributed by atoms with Gasteiger partial charge in [0.25, 0.3) is 0 Å². The van der Waals surface area contributed by atoms with Gasteiger partial charge in [0.2, 0.25) is 5.89 Å². The van der Waals surface area contributed by atoms with Crippen LogP contribution in [0.2, 0.25) is 0 Å².